The summed E-state index contributed by atoms with van der Waals surface area (Å²) < 4.78 is 2.79. The van der Waals surface area contributed by atoms with Crippen LogP contribution in [0.4, 0.5) is 0 Å². The minimum atomic E-state index is -2.00. The van der Waals surface area contributed by atoms with Crippen LogP contribution in [0.2, 0.25) is 5.02 Å². The standard InChI is InChI=1S/C11H10Cl4O2/c12-9-5-3-8(4-6-9)2-1-7-17-10(16)11(13,14)15/h3-6H,1-2,7H2. The molecule has 0 heterocycles. The van der Waals surface area contributed by atoms with Gasteiger partial charge in [0.15, 0.2) is 0 Å². The number of hydrogen-bond acceptors (Lipinski definition) is 2. The smallest absolute Gasteiger partial charge is 0.358 e. The van der Waals surface area contributed by atoms with Crippen LogP contribution in [0.15, 0.2) is 24.3 Å². The lowest BCUT2D eigenvalue weighted by Gasteiger charge is -2.10. The van der Waals surface area contributed by atoms with Gasteiger partial charge in [0.1, 0.15) is 0 Å². The van der Waals surface area contributed by atoms with Crippen LogP contribution < -0.4 is 0 Å². The van der Waals surface area contributed by atoms with E-state index in [2.05, 4.69) is 0 Å². The van der Waals surface area contributed by atoms with Crippen LogP contribution in [0.5, 0.6) is 0 Å². The Bertz CT molecular complexity index is 370. The topological polar surface area (TPSA) is 26.3 Å². The van der Waals surface area contributed by atoms with Crippen LogP contribution >= 0.6 is 46.4 Å². The number of esters is 1. The van der Waals surface area contributed by atoms with Gasteiger partial charge < -0.3 is 4.74 Å². The van der Waals surface area contributed by atoms with Crippen LogP contribution in [0.1, 0.15) is 12.0 Å². The molecule has 1 aromatic carbocycles. The zero-order valence-corrected chi connectivity index (χ0v) is 11.8. The first-order valence-electron chi connectivity index (χ1n) is 4.88. The number of carbonyl (C=O) groups excluding carboxylic acids is 1. The molecule has 0 bridgehead atoms. The summed E-state index contributed by atoms with van der Waals surface area (Å²) in [6.07, 6.45) is 1.43. The van der Waals surface area contributed by atoms with Gasteiger partial charge in [-0.25, -0.2) is 4.79 Å². The third-order valence-electron chi connectivity index (χ3n) is 1.99. The molecule has 0 saturated heterocycles. The number of halogens is 4. The highest BCUT2D eigenvalue weighted by atomic mass is 35.6. The molecule has 94 valence electrons. The third-order valence-corrected chi connectivity index (χ3v) is 2.70. The van der Waals surface area contributed by atoms with E-state index >= 15 is 0 Å². The van der Waals surface area contributed by atoms with Crippen molar-refractivity contribution in [2.75, 3.05) is 6.61 Å². The molecule has 0 radical (unpaired) electrons. The highest BCUT2D eigenvalue weighted by molar-refractivity contribution is 6.75. The maximum atomic E-state index is 11.1. The van der Waals surface area contributed by atoms with E-state index in [0.717, 1.165) is 12.0 Å². The van der Waals surface area contributed by atoms with E-state index < -0.39 is 9.76 Å². The average molecular weight is 316 g/mol. The van der Waals surface area contributed by atoms with Crippen molar-refractivity contribution in [1.82, 2.24) is 0 Å². The average Bonchev–Trinajstić information content (AvgIpc) is 2.25. The fourth-order valence-corrected chi connectivity index (χ4v) is 1.46. The first-order valence-corrected chi connectivity index (χ1v) is 6.39. The molecule has 17 heavy (non-hydrogen) atoms. The van der Waals surface area contributed by atoms with E-state index in [-0.39, 0.29) is 6.61 Å². The van der Waals surface area contributed by atoms with Crippen molar-refractivity contribution in [2.24, 2.45) is 0 Å². The zero-order valence-electron chi connectivity index (χ0n) is 8.76. The molecule has 6 heteroatoms. The number of rotatable bonds is 4. The Morgan fingerprint density at radius 3 is 2.29 bits per heavy atom. The molecular formula is C11H10Cl4O2. The lowest BCUT2D eigenvalue weighted by Crippen LogP contribution is -2.22. The number of carbonyl (C=O) groups is 1. The fraction of sp³-hybridized carbons (Fsp3) is 0.364. The van der Waals surface area contributed by atoms with Gasteiger partial charge in [-0.2, -0.15) is 0 Å². The van der Waals surface area contributed by atoms with E-state index in [1.165, 1.54) is 0 Å². The number of aryl methyl sites for hydroxylation is 1. The van der Waals surface area contributed by atoms with Gasteiger partial charge in [-0.15, -0.1) is 0 Å². The SMILES string of the molecule is O=C(OCCCc1ccc(Cl)cc1)C(Cl)(Cl)Cl. The summed E-state index contributed by atoms with van der Waals surface area (Å²) in [6.45, 7) is 0.218. The zero-order chi connectivity index (χ0) is 12.9. The second kappa shape index (κ2) is 6.69. The first-order chi connectivity index (χ1) is 7.89. The lowest BCUT2D eigenvalue weighted by atomic mass is 10.1. The summed E-state index contributed by atoms with van der Waals surface area (Å²) >= 11 is 21.8. The van der Waals surface area contributed by atoms with Crippen molar-refractivity contribution in [2.45, 2.75) is 16.6 Å². The highest BCUT2D eigenvalue weighted by Crippen LogP contribution is 2.27. The van der Waals surface area contributed by atoms with Gasteiger partial charge in [0.2, 0.25) is 0 Å². The molecule has 0 aliphatic carbocycles. The van der Waals surface area contributed by atoms with Crippen LogP contribution in [0, 0.1) is 0 Å². The molecule has 0 atom stereocenters. The Hall–Kier alpha value is -0.150. The van der Waals surface area contributed by atoms with Crippen LogP contribution in [0.25, 0.3) is 0 Å². The molecule has 0 amide bonds. The Kier molecular flexibility index (Phi) is 5.87. The van der Waals surface area contributed by atoms with Crippen molar-refractivity contribution in [3.8, 4) is 0 Å². The summed E-state index contributed by atoms with van der Waals surface area (Å²) in [5.74, 6) is -0.849. The summed E-state index contributed by atoms with van der Waals surface area (Å²) in [5.41, 5.74) is 1.11. The van der Waals surface area contributed by atoms with Gasteiger partial charge >= 0.3 is 5.97 Å². The molecule has 0 N–H and O–H groups in total. The van der Waals surface area contributed by atoms with Crippen molar-refractivity contribution in [1.29, 1.82) is 0 Å². The van der Waals surface area contributed by atoms with E-state index in [1.54, 1.807) is 0 Å². The quantitative estimate of drug-likeness (QED) is 0.473. The van der Waals surface area contributed by atoms with E-state index in [0.29, 0.717) is 11.4 Å². The van der Waals surface area contributed by atoms with Gasteiger partial charge in [0, 0.05) is 5.02 Å². The van der Waals surface area contributed by atoms with Crippen LogP contribution in [-0.2, 0) is 16.0 Å². The predicted octanol–water partition coefficient (Wildman–Crippen LogP) is 4.19. The summed E-state index contributed by atoms with van der Waals surface area (Å²) in [7, 11) is 0. The molecule has 1 rings (SSSR count). The highest BCUT2D eigenvalue weighted by Gasteiger charge is 2.32. The van der Waals surface area contributed by atoms with E-state index in [1.807, 2.05) is 24.3 Å². The molecule has 0 unspecified atom stereocenters. The van der Waals surface area contributed by atoms with Crippen molar-refractivity contribution in [3.63, 3.8) is 0 Å². The van der Waals surface area contributed by atoms with E-state index in [9.17, 15) is 4.79 Å². The second-order valence-corrected chi connectivity index (χ2v) is 6.08. The van der Waals surface area contributed by atoms with Gasteiger partial charge in [-0.1, -0.05) is 58.5 Å². The minimum Gasteiger partial charge on any atom is -0.463 e. The predicted molar refractivity (Wildman–Crippen MR) is 71.0 cm³/mol. The van der Waals surface area contributed by atoms with Crippen molar-refractivity contribution in [3.05, 3.63) is 34.9 Å². The Labute approximate surface area is 120 Å². The number of ether oxygens (including phenoxy) is 1. The van der Waals surface area contributed by atoms with Crippen molar-refractivity contribution >= 4 is 52.4 Å². The molecule has 0 aliphatic rings. The molecule has 0 aromatic heterocycles. The molecule has 0 aliphatic heterocycles. The molecule has 1 aromatic rings. The van der Waals surface area contributed by atoms with Crippen molar-refractivity contribution < 1.29 is 9.53 Å². The first kappa shape index (κ1) is 14.9. The fourth-order valence-electron chi connectivity index (χ4n) is 1.17. The summed E-state index contributed by atoms with van der Waals surface area (Å²) in [4.78, 5) is 11.1. The summed E-state index contributed by atoms with van der Waals surface area (Å²) in [6, 6.07) is 7.45. The second-order valence-electron chi connectivity index (χ2n) is 3.36. The van der Waals surface area contributed by atoms with Gasteiger partial charge in [0.25, 0.3) is 3.79 Å². The third kappa shape index (κ3) is 5.82. The largest absolute Gasteiger partial charge is 0.463 e. The monoisotopic (exact) mass is 314 g/mol. The Balaban J connectivity index is 2.25. The maximum absolute atomic E-state index is 11.1. The Morgan fingerprint density at radius 1 is 1.18 bits per heavy atom. The van der Waals surface area contributed by atoms with Crippen LogP contribution in [-0.4, -0.2) is 16.4 Å². The maximum Gasteiger partial charge on any atom is 0.358 e. The lowest BCUT2D eigenvalue weighted by molar-refractivity contribution is -0.142. The van der Waals surface area contributed by atoms with Gasteiger partial charge in [-0.3, -0.25) is 0 Å². The van der Waals surface area contributed by atoms with Gasteiger partial charge in [0.05, 0.1) is 6.61 Å². The molecule has 0 fully saturated rings. The van der Waals surface area contributed by atoms with Crippen LogP contribution in [0.3, 0.4) is 0 Å². The molecule has 0 spiro atoms. The minimum absolute atomic E-state index is 0.218. The normalized spacial score (nSPS) is 11.3. The number of hydrogen-bond donors (Lipinski definition) is 0. The molecule has 2 nitrogen and oxygen atoms in total. The van der Waals surface area contributed by atoms with Gasteiger partial charge in [-0.05, 0) is 30.5 Å². The molecular weight excluding hydrogens is 306 g/mol. The van der Waals surface area contributed by atoms with E-state index in [4.69, 9.17) is 51.1 Å². The summed E-state index contributed by atoms with van der Waals surface area (Å²) in [5, 5.41) is 0.691. The molecule has 0 saturated carbocycles. The Morgan fingerprint density at radius 2 is 1.76 bits per heavy atom. The number of benzene rings is 1. The number of alkyl halides is 3.